The maximum absolute atomic E-state index is 12.5. The Bertz CT molecular complexity index is 785. The molecule has 28 heavy (non-hydrogen) atoms. The number of amides is 3. The molecule has 8 nitrogen and oxygen atoms in total. The van der Waals surface area contributed by atoms with Crippen LogP contribution in [0.4, 0.5) is 0 Å². The predicted octanol–water partition coefficient (Wildman–Crippen LogP) is 1.49. The summed E-state index contributed by atoms with van der Waals surface area (Å²) in [6.07, 6.45) is 3.56. The van der Waals surface area contributed by atoms with Gasteiger partial charge in [0.2, 0.25) is 0 Å². The molecule has 0 bridgehead atoms. The van der Waals surface area contributed by atoms with Crippen LogP contribution < -0.4 is 0 Å². The molecule has 0 aliphatic carbocycles. The number of carbonyl (C=O) groups excluding carboxylic acids is 4. The summed E-state index contributed by atoms with van der Waals surface area (Å²) in [6, 6.07) is 4.25. The summed E-state index contributed by atoms with van der Waals surface area (Å²) in [5.74, 6) is -1.72. The lowest BCUT2D eigenvalue weighted by Gasteiger charge is -2.26. The van der Waals surface area contributed by atoms with Gasteiger partial charge < -0.3 is 14.4 Å². The van der Waals surface area contributed by atoms with Gasteiger partial charge in [0, 0.05) is 33.4 Å². The number of carbonyl (C=O) groups is 4. The van der Waals surface area contributed by atoms with Crippen molar-refractivity contribution < 1.29 is 28.7 Å². The van der Waals surface area contributed by atoms with Crippen molar-refractivity contribution in [1.82, 2.24) is 9.80 Å². The van der Waals surface area contributed by atoms with Gasteiger partial charge in [0.05, 0.1) is 16.7 Å². The molecule has 1 fully saturated rings. The highest BCUT2D eigenvalue weighted by Gasteiger charge is 2.35. The van der Waals surface area contributed by atoms with E-state index in [4.69, 9.17) is 9.47 Å². The number of imide groups is 1. The fourth-order valence-corrected chi connectivity index (χ4v) is 3.43. The lowest BCUT2D eigenvalue weighted by molar-refractivity contribution is -0.135. The Kier molecular flexibility index (Phi) is 6.41. The molecule has 2 aliphatic heterocycles. The van der Waals surface area contributed by atoms with Crippen molar-refractivity contribution in [2.24, 2.45) is 0 Å². The summed E-state index contributed by atoms with van der Waals surface area (Å²) >= 11 is 0. The van der Waals surface area contributed by atoms with Gasteiger partial charge in [-0.25, -0.2) is 4.79 Å². The SMILES string of the molecule is COCCCN1C(=O)c2ccc(C(=O)OCC(=O)N3CCCCC3)cc2C1=O. The summed E-state index contributed by atoms with van der Waals surface area (Å²) in [5, 5.41) is 0. The predicted molar refractivity (Wildman–Crippen MR) is 99.0 cm³/mol. The first-order valence-corrected chi connectivity index (χ1v) is 9.47. The smallest absolute Gasteiger partial charge is 0.338 e. The van der Waals surface area contributed by atoms with Crippen LogP contribution in [0.5, 0.6) is 0 Å². The van der Waals surface area contributed by atoms with Crippen LogP contribution in [0.15, 0.2) is 18.2 Å². The normalized spacial score (nSPS) is 16.3. The summed E-state index contributed by atoms with van der Waals surface area (Å²) in [6.45, 7) is 1.74. The molecule has 0 saturated carbocycles. The first-order valence-electron chi connectivity index (χ1n) is 9.47. The first kappa shape index (κ1) is 20.0. The van der Waals surface area contributed by atoms with E-state index >= 15 is 0 Å². The number of benzene rings is 1. The maximum Gasteiger partial charge on any atom is 0.338 e. The van der Waals surface area contributed by atoms with Crippen LogP contribution in [0, 0.1) is 0 Å². The minimum absolute atomic E-state index is 0.144. The Hall–Kier alpha value is -2.74. The summed E-state index contributed by atoms with van der Waals surface area (Å²) in [4.78, 5) is 52.1. The van der Waals surface area contributed by atoms with E-state index in [2.05, 4.69) is 0 Å². The minimum Gasteiger partial charge on any atom is -0.452 e. The highest BCUT2D eigenvalue weighted by atomic mass is 16.5. The van der Waals surface area contributed by atoms with Crippen LogP contribution in [-0.2, 0) is 14.3 Å². The van der Waals surface area contributed by atoms with Gasteiger partial charge in [-0.1, -0.05) is 0 Å². The zero-order valence-electron chi connectivity index (χ0n) is 15.9. The number of hydrogen-bond acceptors (Lipinski definition) is 6. The van der Waals surface area contributed by atoms with E-state index in [1.807, 2.05) is 0 Å². The largest absolute Gasteiger partial charge is 0.452 e. The number of methoxy groups -OCH3 is 1. The molecule has 8 heteroatoms. The van der Waals surface area contributed by atoms with E-state index in [9.17, 15) is 19.2 Å². The number of piperidine rings is 1. The van der Waals surface area contributed by atoms with Gasteiger partial charge in [-0.3, -0.25) is 19.3 Å². The molecule has 3 rings (SSSR count). The Labute approximate surface area is 163 Å². The lowest BCUT2D eigenvalue weighted by atomic mass is 10.1. The average Bonchev–Trinajstić information content (AvgIpc) is 2.96. The Morgan fingerprint density at radius 2 is 1.75 bits per heavy atom. The Morgan fingerprint density at radius 3 is 2.46 bits per heavy atom. The number of esters is 1. The summed E-state index contributed by atoms with van der Waals surface area (Å²) in [5.41, 5.74) is 0.590. The standard InChI is InChI=1S/C20H24N2O6/c1-27-11-5-10-22-18(24)15-7-6-14(12-16(15)19(22)25)20(26)28-13-17(23)21-8-3-2-4-9-21/h6-7,12H,2-5,8-11,13H2,1H3. The molecule has 1 aromatic rings. The van der Waals surface area contributed by atoms with Gasteiger partial charge in [-0.15, -0.1) is 0 Å². The van der Waals surface area contributed by atoms with Gasteiger partial charge in [0.25, 0.3) is 17.7 Å². The van der Waals surface area contributed by atoms with E-state index in [0.29, 0.717) is 26.1 Å². The number of likely N-dealkylation sites (tertiary alicyclic amines) is 1. The lowest BCUT2D eigenvalue weighted by Crippen LogP contribution is -2.38. The van der Waals surface area contributed by atoms with E-state index < -0.39 is 11.9 Å². The molecule has 0 radical (unpaired) electrons. The van der Waals surface area contributed by atoms with Crippen LogP contribution >= 0.6 is 0 Å². The molecule has 1 aromatic carbocycles. The van der Waals surface area contributed by atoms with Crippen LogP contribution in [0.3, 0.4) is 0 Å². The molecule has 150 valence electrons. The topological polar surface area (TPSA) is 93.2 Å². The molecule has 0 N–H and O–H groups in total. The highest BCUT2D eigenvalue weighted by molar-refractivity contribution is 6.21. The van der Waals surface area contributed by atoms with Crippen LogP contribution in [0.25, 0.3) is 0 Å². The second-order valence-electron chi connectivity index (χ2n) is 6.89. The average molecular weight is 388 g/mol. The number of nitrogens with zero attached hydrogens (tertiary/aromatic N) is 2. The van der Waals surface area contributed by atoms with Gasteiger partial charge in [0.15, 0.2) is 6.61 Å². The number of rotatable bonds is 7. The van der Waals surface area contributed by atoms with E-state index in [1.165, 1.54) is 18.2 Å². The fraction of sp³-hybridized carbons (Fsp3) is 0.500. The van der Waals surface area contributed by atoms with Crippen molar-refractivity contribution in [2.75, 3.05) is 40.0 Å². The van der Waals surface area contributed by atoms with Crippen molar-refractivity contribution in [3.63, 3.8) is 0 Å². The first-order chi connectivity index (χ1) is 13.5. The second kappa shape index (κ2) is 8.97. The molecule has 0 spiro atoms. The van der Waals surface area contributed by atoms with Gasteiger partial charge in [-0.2, -0.15) is 0 Å². The molecule has 3 amide bonds. The zero-order chi connectivity index (χ0) is 20.1. The number of hydrogen-bond donors (Lipinski definition) is 0. The van der Waals surface area contributed by atoms with E-state index in [1.54, 1.807) is 12.0 Å². The third-order valence-electron chi connectivity index (χ3n) is 4.97. The fourth-order valence-electron chi connectivity index (χ4n) is 3.43. The van der Waals surface area contributed by atoms with Crippen LogP contribution in [0.1, 0.15) is 56.8 Å². The number of ether oxygens (including phenoxy) is 2. The maximum atomic E-state index is 12.5. The molecule has 2 aliphatic rings. The van der Waals surface area contributed by atoms with Crippen LogP contribution in [-0.4, -0.2) is 73.4 Å². The highest BCUT2D eigenvalue weighted by Crippen LogP contribution is 2.24. The summed E-state index contributed by atoms with van der Waals surface area (Å²) in [7, 11) is 1.55. The zero-order valence-corrected chi connectivity index (χ0v) is 15.9. The third-order valence-corrected chi connectivity index (χ3v) is 4.97. The minimum atomic E-state index is -0.689. The van der Waals surface area contributed by atoms with Crippen molar-refractivity contribution >= 4 is 23.7 Å². The monoisotopic (exact) mass is 388 g/mol. The molecule has 2 heterocycles. The van der Waals surface area contributed by atoms with E-state index in [0.717, 1.165) is 24.2 Å². The molecule has 0 atom stereocenters. The van der Waals surface area contributed by atoms with Gasteiger partial charge in [-0.05, 0) is 43.9 Å². The Balaban J connectivity index is 1.62. The van der Waals surface area contributed by atoms with Crippen molar-refractivity contribution in [1.29, 1.82) is 0 Å². The molecule has 0 unspecified atom stereocenters. The van der Waals surface area contributed by atoms with E-state index in [-0.39, 0.29) is 41.7 Å². The van der Waals surface area contributed by atoms with Crippen molar-refractivity contribution in [2.45, 2.75) is 25.7 Å². The molecular weight excluding hydrogens is 364 g/mol. The third kappa shape index (κ3) is 4.22. The summed E-state index contributed by atoms with van der Waals surface area (Å²) < 4.78 is 10.1. The quantitative estimate of drug-likeness (QED) is 0.399. The molecular formula is C20H24N2O6. The van der Waals surface area contributed by atoms with Crippen molar-refractivity contribution in [3.05, 3.63) is 34.9 Å². The molecule has 1 saturated heterocycles. The van der Waals surface area contributed by atoms with Crippen molar-refractivity contribution in [3.8, 4) is 0 Å². The number of fused-ring (bicyclic) bond motifs is 1. The van der Waals surface area contributed by atoms with Gasteiger partial charge in [0.1, 0.15) is 0 Å². The van der Waals surface area contributed by atoms with Gasteiger partial charge >= 0.3 is 5.97 Å². The molecule has 0 aromatic heterocycles. The second-order valence-corrected chi connectivity index (χ2v) is 6.89. The Morgan fingerprint density at radius 1 is 1.04 bits per heavy atom. The van der Waals surface area contributed by atoms with Crippen LogP contribution in [0.2, 0.25) is 0 Å².